The van der Waals surface area contributed by atoms with E-state index >= 15 is 0 Å². The zero-order chi connectivity index (χ0) is 6.15. The average molecular weight is 145 g/mol. The van der Waals surface area contributed by atoms with E-state index in [4.69, 9.17) is 12.2 Å². The molecule has 0 amide bonds. The predicted molar refractivity (Wildman–Crippen MR) is 38.9 cm³/mol. The van der Waals surface area contributed by atoms with Crippen molar-refractivity contribution in [3.05, 3.63) is 15.0 Å². The third-order valence-electron chi connectivity index (χ3n) is 1.13. The SMILES string of the molecule is Cc1csc(=S)n1C. The maximum atomic E-state index is 4.96. The highest BCUT2D eigenvalue weighted by atomic mass is 32.1. The van der Waals surface area contributed by atoms with Crippen LogP contribution in [-0.2, 0) is 7.05 Å². The summed E-state index contributed by atoms with van der Waals surface area (Å²) in [5, 5.41) is 2.06. The van der Waals surface area contributed by atoms with Crippen LogP contribution < -0.4 is 0 Å². The minimum Gasteiger partial charge on any atom is -0.331 e. The summed E-state index contributed by atoms with van der Waals surface area (Å²) in [6.45, 7) is 2.05. The van der Waals surface area contributed by atoms with Gasteiger partial charge in [-0.1, -0.05) is 0 Å². The Hall–Kier alpha value is -0.150. The van der Waals surface area contributed by atoms with Crippen molar-refractivity contribution < 1.29 is 0 Å². The molecule has 0 spiro atoms. The van der Waals surface area contributed by atoms with Gasteiger partial charge in [0.05, 0.1) is 0 Å². The molecule has 0 bridgehead atoms. The van der Waals surface area contributed by atoms with Gasteiger partial charge < -0.3 is 4.57 Å². The van der Waals surface area contributed by atoms with Gasteiger partial charge in [0.1, 0.15) is 0 Å². The summed E-state index contributed by atoms with van der Waals surface area (Å²) >= 11 is 6.56. The lowest BCUT2D eigenvalue weighted by Crippen LogP contribution is -1.87. The maximum absolute atomic E-state index is 4.96. The van der Waals surface area contributed by atoms with E-state index in [1.165, 1.54) is 5.69 Å². The van der Waals surface area contributed by atoms with Gasteiger partial charge in [0.15, 0.2) is 3.95 Å². The van der Waals surface area contributed by atoms with Crippen molar-refractivity contribution in [2.75, 3.05) is 0 Å². The lowest BCUT2D eigenvalue weighted by atomic mass is 10.6. The molecule has 3 heteroatoms. The topological polar surface area (TPSA) is 4.93 Å². The van der Waals surface area contributed by atoms with Crippen LogP contribution in [0.2, 0.25) is 0 Å². The monoisotopic (exact) mass is 145 g/mol. The Labute approximate surface area is 57.6 Å². The Morgan fingerprint density at radius 1 is 1.75 bits per heavy atom. The first kappa shape index (κ1) is 5.98. The molecular formula is C5H7NS2. The second-order valence-electron chi connectivity index (χ2n) is 1.70. The summed E-state index contributed by atoms with van der Waals surface area (Å²) in [4.78, 5) is 0. The molecule has 1 nitrogen and oxygen atoms in total. The van der Waals surface area contributed by atoms with E-state index < -0.39 is 0 Å². The van der Waals surface area contributed by atoms with Gasteiger partial charge in [-0.3, -0.25) is 0 Å². The van der Waals surface area contributed by atoms with Crippen molar-refractivity contribution in [2.24, 2.45) is 7.05 Å². The summed E-state index contributed by atoms with van der Waals surface area (Å²) in [5.74, 6) is 0. The van der Waals surface area contributed by atoms with Crippen LogP contribution in [0.25, 0.3) is 0 Å². The van der Waals surface area contributed by atoms with E-state index in [0.29, 0.717) is 0 Å². The van der Waals surface area contributed by atoms with Gasteiger partial charge in [0.2, 0.25) is 0 Å². The van der Waals surface area contributed by atoms with Gasteiger partial charge in [0, 0.05) is 18.1 Å². The van der Waals surface area contributed by atoms with Crippen LogP contribution in [0.15, 0.2) is 5.38 Å². The molecule has 0 aliphatic heterocycles. The van der Waals surface area contributed by atoms with Crippen LogP contribution in [-0.4, -0.2) is 4.57 Å². The summed E-state index contributed by atoms with van der Waals surface area (Å²) in [6, 6.07) is 0. The average Bonchev–Trinajstić information content (AvgIpc) is 1.98. The first-order chi connectivity index (χ1) is 3.72. The zero-order valence-corrected chi connectivity index (χ0v) is 6.47. The van der Waals surface area contributed by atoms with Crippen molar-refractivity contribution >= 4 is 23.6 Å². The number of nitrogens with zero attached hydrogens (tertiary/aromatic N) is 1. The molecule has 1 rings (SSSR count). The molecule has 8 heavy (non-hydrogen) atoms. The lowest BCUT2D eigenvalue weighted by molar-refractivity contribution is 0.874. The normalized spacial score (nSPS) is 9.75. The summed E-state index contributed by atoms with van der Waals surface area (Å²) in [7, 11) is 1.98. The summed E-state index contributed by atoms with van der Waals surface area (Å²) in [5.41, 5.74) is 1.24. The van der Waals surface area contributed by atoms with Crippen molar-refractivity contribution in [1.82, 2.24) is 4.57 Å². The van der Waals surface area contributed by atoms with E-state index in [1.807, 2.05) is 18.5 Å². The number of hydrogen-bond donors (Lipinski definition) is 0. The maximum Gasteiger partial charge on any atom is 0.160 e. The molecular weight excluding hydrogens is 138 g/mol. The van der Waals surface area contributed by atoms with E-state index in [1.54, 1.807) is 11.3 Å². The highest BCUT2D eigenvalue weighted by molar-refractivity contribution is 7.73. The van der Waals surface area contributed by atoms with E-state index in [0.717, 1.165) is 3.95 Å². The molecule has 0 aliphatic carbocycles. The molecule has 0 saturated heterocycles. The standard InChI is InChI=1S/C5H7NS2/c1-4-3-8-5(7)6(4)2/h3H,1-2H3. The van der Waals surface area contributed by atoms with E-state index in [-0.39, 0.29) is 0 Å². The molecule has 0 radical (unpaired) electrons. The van der Waals surface area contributed by atoms with Crippen molar-refractivity contribution in [2.45, 2.75) is 6.92 Å². The first-order valence-electron chi connectivity index (χ1n) is 2.33. The third-order valence-corrected chi connectivity index (χ3v) is 2.63. The Bertz CT molecular complexity index is 233. The van der Waals surface area contributed by atoms with Gasteiger partial charge >= 0.3 is 0 Å². The molecule has 0 saturated carbocycles. The van der Waals surface area contributed by atoms with Crippen LogP contribution in [0.4, 0.5) is 0 Å². The number of thiazole rings is 1. The Morgan fingerprint density at radius 3 is 2.50 bits per heavy atom. The van der Waals surface area contributed by atoms with Crippen LogP contribution in [0, 0.1) is 10.9 Å². The molecule has 0 N–H and O–H groups in total. The highest BCUT2D eigenvalue weighted by Gasteiger charge is 1.89. The molecule has 0 unspecified atom stereocenters. The smallest absolute Gasteiger partial charge is 0.160 e. The predicted octanol–water partition coefficient (Wildman–Crippen LogP) is 2.12. The van der Waals surface area contributed by atoms with E-state index in [2.05, 4.69) is 5.38 Å². The number of rotatable bonds is 0. The largest absolute Gasteiger partial charge is 0.331 e. The zero-order valence-electron chi connectivity index (χ0n) is 4.84. The fourth-order valence-corrected chi connectivity index (χ4v) is 1.46. The molecule has 1 aromatic heterocycles. The van der Waals surface area contributed by atoms with Crippen LogP contribution in [0.1, 0.15) is 5.69 Å². The minimum atomic E-state index is 0.947. The fraction of sp³-hybridized carbons (Fsp3) is 0.400. The van der Waals surface area contributed by atoms with Gasteiger partial charge in [-0.15, -0.1) is 11.3 Å². The fourth-order valence-electron chi connectivity index (χ4n) is 0.438. The Morgan fingerprint density at radius 2 is 2.38 bits per heavy atom. The number of aryl methyl sites for hydroxylation is 1. The molecule has 0 atom stereocenters. The lowest BCUT2D eigenvalue weighted by Gasteiger charge is -1.89. The quantitative estimate of drug-likeness (QED) is 0.506. The van der Waals surface area contributed by atoms with Gasteiger partial charge in [-0.05, 0) is 19.1 Å². The number of hydrogen-bond acceptors (Lipinski definition) is 2. The Balaban J connectivity index is 3.41. The van der Waals surface area contributed by atoms with E-state index in [9.17, 15) is 0 Å². The minimum absolute atomic E-state index is 0.947. The molecule has 0 aromatic carbocycles. The molecule has 1 aromatic rings. The summed E-state index contributed by atoms with van der Waals surface area (Å²) in [6.07, 6.45) is 0. The molecule has 0 aliphatic rings. The molecule has 44 valence electrons. The molecule has 0 fully saturated rings. The number of aromatic nitrogens is 1. The van der Waals surface area contributed by atoms with Gasteiger partial charge in [-0.25, -0.2) is 0 Å². The van der Waals surface area contributed by atoms with Crippen LogP contribution in [0.5, 0.6) is 0 Å². The second kappa shape index (κ2) is 1.99. The van der Waals surface area contributed by atoms with Crippen molar-refractivity contribution in [3.63, 3.8) is 0 Å². The van der Waals surface area contributed by atoms with Gasteiger partial charge in [0.25, 0.3) is 0 Å². The van der Waals surface area contributed by atoms with Crippen molar-refractivity contribution in [1.29, 1.82) is 0 Å². The highest BCUT2D eigenvalue weighted by Crippen LogP contribution is 2.05. The first-order valence-corrected chi connectivity index (χ1v) is 3.61. The molecule has 1 heterocycles. The van der Waals surface area contributed by atoms with Gasteiger partial charge in [-0.2, -0.15) is 0 Å². The van der Waals surface area contributed by atoms with Crippen LogP contribution >= 0.6 is 23.6 Å². The van der Waals surface area contributed by atoms with Crippen LogP contribution in [0.3, 0.4) is 0 Å². The summed E-state index contributed by atoms with van der Waals surface area (Å²) < 4.78 is 2.95. The second-order valence-corrected chi connectivity index (χ2v) is 3.21. The van der Waals surface area contributed by atoms with Crippen molar-refractivity contribution in [3.8, 4) is 0 Å². The third kappa shape index (κ3) is 0.833. The Kier molecular flexibility index (Phi) is 1.49.